The minimum Gasteiger partial charge on any atom is -0.488 e. The van der Waals surface area contributed by atoms with Crippen molar-refractivity contribution in [3.05, 3.63) is 69.1 Å². The van der Waals surface area contributed by atoms with Crippen LogP contribution in [0.4, 0.5) is 39.5 Å². The van der Waals surface area contributed by atoms with E-state index in [0.29, 0.717) is 21.1 Å². The van der Waals surface area contributed by atoms with Crippen molar-refractivity contribution < 1.29 is 53.5 Å². The molecule has 0 aliphatic carbocycles. The van der Waals surface area contributed by atoms with Gasteiger partial charge in [-0.3, -0.25) is 14.4 Å². The van der Waals surface area contributed by atoms with E-state index in [-0.39, 0.29) is 62.0 Å². The van der Waals surface area contributed by atoms with Crippen LogP contribution in [0.2, 0.25) is 0 Å². The minimum atomic E-state index is -4.69. The number of likely N-dealkylation sites (tertiary alicyclic amines) is 1. The number of benzene rings is 2. The fourth-order valence-electron chi connectivity index (χ4n) is 4.74. The lowest BCUT2D eigenvalue weighted by Gasteiger charge is -2.32. The molecule has 0 bridgehead atoms. The van der Waals surface area contributed by atoms with E-state index >= 15 is 0 Å². The van der Waals surface area contributed by atoms with E-state index in [4.69, 9.17) is 9.47 Å². The summed E-state index contributed by atoms with van der Waals surface area (Å²) in [6, 6.07) is 8.13. The molecule has 0 amide bonds. The van der Waals surface area contributed by atoms with E-state index in [1.165, 1.54) is 24.3 Å². The summed E-state index contributed by atoms with van der Waals surface area (Å²) in [5.41, 5.74) is -0.0793. The van der Waals surface area contributed by atoms with Crippen molar-refractivity contribution in [3.63, 3.8) is 0 Å². The summed E-state index contributed by atoms with van der Waals surface area (Å²) in [6.07, 6.45) is -13.7. The first-order chi connectivity index (χ1) is 21.5. The zero-order valence-electron chi connectivity index (χ0n) is 23.4. The van der Waals surface area contributed by atoms with Crippen LogP contribution in [0.1, 0.15) is 29.0 Å². The van der Waals surface area contributed by atoms with Crippen molar-refractivity contribution in [2.45, 2.75) is 44.5 Å². The monoisotopic (exact) mass is 682 g/mol. The van der Waals surface area contributed by atoms with Gasteiger partial charge in [-0.25, -0.2) is 9.78 Å². The molecular weight excluding hydrogens is 659 g/mol. The highest BCUT2D eigenvalue weighted by Gasteiger charge is 2.41. The molecule has 46 heavy (non-hydrogen) atoms. The van der Waals surface area contributed by atoms with Gasteiger partial charge in [0.15, 0.2) is 12.4 Å². The molecule has 1 saturated heterocycles. The zero-order chi connectivity index (χ0) is 33.3. The van der Waals surface area contributed by atoms with Crippen molar-refractivity contribution in [1.82, 2.24) is 20.0 Å². The molecule has 4 aromatic rings. The Bertz CT molecular complexity index is 1690. The summed E-state index contributed by atoms with van der Waals surface area (Å²) in [6.45, 7) is -1.43. The molecule has 2 aromatic carbocycles. The Hall–Kier alpha value is -4.06. The van der Waals surface area contributed by atoms with Crippen LogP contribution < -0.4 is 15.2 Å². The summed E-state index contributed by atoms with van der Waals surface area (Å²) in [5, 5.41) is 3.81. The van der Waals surface area contributed by atoms with E-state index in [0.717, 1.165) is 29.5 Å². The molecule has 248 valence electrons. The van der Waals surface area contributed by atoms with Crippen molar-refractivity contribution in [2.24, 2.45) is 5.92 Å². The first-order valence-electron chi connectivity index (χ1n) is 13.5. The largest absolute Gasteiger partial charge is 0.488 e. The van der Waals surface area contributed by atoms with Gasteiger partial charge in [0.1, 0.15) is 23.1 Å². The number of hydrogen-bond donors (Lipinski definition) is 1. The highest BCUT2D eigenvalue weighted by Crippen LogP contribution is 2.38. The second kappa shape index (κ2) is 13.0. The van der Waals surface area contributed by atoms with Crippen LogP contribution >= 0.6 is 11.3 Å². The van der Waals surface area contributed by atoms with E-state index in [2.05, 4.69) is 19.6 Å². The normalized spacial score (nSPS) is 15.3. The molecule has 1 fully saturated rings. The number of alkyl halides is 9. The van der Waals surface area contributed by atoms with Gasteiger partial charge in [0.05, 0.1) is 27.6 Å². The van der Waals surface area contributed by atoms with Crippen molar-refractivity contribution in [3.8, 4) is 33.5 Å². The number of nitrogens with zero attached hydrogens (tertiary/aromatic N) is 3. The Balaban J connectivity index is 1.39. The number of halogens is 9. The Morgan fingerprint density at radius 3 is 2.24 bits per heavy atom. The van der Waals surface area contributed by atoms with Gasteiger partial charge in [0.2, 0.25) is 0 Å². The number of thiazole rings is 1. The summed E-state index contributed by atoms with van der Waals surface area (Å²) in [4.78, 5) is 20.5. The summed E-state index contributed by atoms with van der Waals surface area (Å²) in [7, 11) is 0. The van der Waals surface area contributed by atoms with Crippen LogP contribution in [0.5, 0.6) is 11.5 Å². The van der Waals surface area contributed by atoms with Gasteiger partial charge < -0.3 is 9.47 Å². The molecule has 2 aromatic heterocycles. The Labute approximate surface area is 257 Å². The molecule has 3 heterocycles. The van der Waals surface area contributed by atoms with Gasteiger partial charge in [0.25, 0.3) is 0 Å². The lowest BCUT2D eigenvalue weighted by Crippen LogP contribution is -2.38. The predicted molar refractivity (Wildman–Crippen MR) is 145 cm³/mol. The van der Waals surface area contributed by atoms with Gasteiger partial charge in [-0.15, -0.1) is 11.3 Å². The summed E-state index contributed by atoms with van der Waals surface area (Å²) < 4.78 is 133. The number of H-pyrrole nitrogens is 1. The van der Waals surface area contributed by atoms with Gasteiger partial charge in [0, 0.05) is 18.2 Å². The fourth-order valence-corrected chi connectivity index (χ4v) is 5.73. The molecule has 1 aliphatic rings. The van der Waals surface area contributed by atoms with Gasteiger partial charge in [-0.05, 0) is 50.2 Å². The molecule has 5 rings (SSSR count). The van der Waals surface area contributed by atoms with Crippen LogP contribution in [0.25, 0.3) is 22.0 Å². The molecule has 1 N–H and O–H groups in total. The van der Waals surface area contributed by atoms with E-state index < -0.39 is 42.4 Å². The third kappa shape index (κ3) is 8.39. The molecule has 0 unspecified atom stereocenters. The molecular formula is C28H23F9N4O4S. The third-order valence-electron chi connectivity index (χ3n) is 7.07. The molecule has 0 atom stereocenters. The number of nitrogens with one attached hydrogen (secondary N) is 1. The van der Waals surface area contributed by atoms with E-state index in [9.17, 15) is 44.3 Å². The predicted octanol–water partition coefficient (Wildman–Crippen LogP) is 7.47. The number of hydrogen-bond acceptors (Lipinski definition) is 8. The number of ether oxygens (including phenoxy) is 2. The lowest BCUT2D eigenvalue weighted by atomic mass is 9.96. The van der Waals surface area contributed by atoms with Crippen molar-refractivity contribution in [1.29, 1.82) is 0 Å². The average molecular weight is 683 g/mol. The molecule has 18 heteroatoms. The molecule has 8 nitrogen and oxygen atoms in total. The van der Waals surface area contributed by atoms with Crippen LogP contribution in [-0.2, 0) is 19.3 Å². The number of piperidine rings is 1. The highest BCUT2D eigenvalue weighted by molar-refractivity contribution is 7.15. The Morgan fingerprint density at radius 1 is 0.957 bits per heavy atom. The Morgan fingerprint density at radius 2 is 1.65 bits per heavy atom. The van der Waals surface area contributed by atoms with Crippen LogP contribution in [0.3, 0.4) is 0 Å². The molecule has 0 spiro atoms. The number of rotatable bonds is 9. The fraction of sp³-hybridized carbons (Fsp3) is 0.393. The molecule has 0 radical (unpaired) electrons. The van der Waals surface area contributed by atoms with Gasteiger partial charge in [-0.2, -0.15) is 39.5 Å². The van der Waals surface area contributed by atoms with Crippen molar-refractivity contribution >= 4 is 11.3 Å². The maximum Gasteiger partial charge on any atom is 0.439 e. The Kier molecular flexibility index (Phi) is 9.40. The first-order valence-corrected chi connectivity index (χ1v) is 14.3. The SMILES string of the molecule is O=c1[nH]c(-c2ccc(OCc3sc(-c4ccc(C(F)(F)F)cc4)nc3CN3CCC(C(F)(F)F)CC3)cc2OCC(F)(F)F)no1. The van der Waals surface area contributed by atoms with Crippen LogP contribution in [-0.4, -0.2) is 52.1 Å². The lowest BCUT2D eigenvalue weighted by molar-refractivity contribution is -0.185. The number of aromatic amines is 1. The third-order valence-corrected chi connectivity index (χ3v) is 8.19. The topological polar surface area (TPSA) is 93.5 Å². The summed E-state index contributed by atoms with van der Waals surface area (Å²) >= 11 is 1.09. The van der Waals surface area contributed by atoms with Crippen molar-refractivity contribution in [2.75, 3.05) is 19.7 Å². The van der Waals surface area contributed by atoms with Gasteiger partial charge in [-0.1, -0.05) is 17.3 Å². The maximum absolute atomic E-state index is 13.2. The van der Waals surface area contributed by atoms with Gasteiger partial charge >= 0.3 is 24.3 Å². The summed E-state index contributed by atoms with van der Waals surface area (Å²) in [5.74, 6) is -2.83. The van der Waals surface area contributed by atoms with Crippen LogP contribution in [0.15, 0.2) is 51.8 Å². The second-order valence-electron chi connectivity index (χ2n) is 10.4. The second-order valence-corrected chi connectivity index (χ2v) is 11.4. The number of aromatic nitrogens is 3. The zero-order valence-corrected chi connectivity index (χ0v) is 24.2. The highest BCUT2D eigenvalue weighted by atomic mass is 32.1. The maximum atomic E-state index is 13.2. The first kappa shape index (κ1) is 33.3. The van der Waals surface area contributed by atoms with E-state index in [1.807, 2.05) is 0 Å². The van der Waals surface area contributed by atoms with E-state index in [1.54, 1.807) is 4.90 Å². The minimum absolute atomic E-state index is 0.0206. The molecule has 1 aliphatic heterocycles. The average Bonchev–Trinajstić information content (AvgIpc) is 3.60. The molecule has 0 saturated carbocycles. The standard InChI is InChI=1S/C28H23F9N4O4S/c29-26(30,31)14-44-21-11-18(5-6-19(21)23-39-25(42)45-40-23)43-13-22-20(12-41-9-7-17(8-10-41)28(35,36)37)38-24(46-22)15-1-3-16(4-2-15)27(32,33)34/h1-6,11,17H,7-10,12-14H2,(H,39,40,42). The van der Waals surface area contributed by atoms with Crippen LogP contribution in [0, 0.1) is 5.92 Å². The quantitative estimate of drug-likeness (QED) is 0.183. The smallest absolute Gasteiger partial charge is 0.439 e.